The zero-order chi connectivity index (χ0) is 56.9. The second-order valence-corrected chi connectivity index (χ2v) is 18.9. The summed E-state index contributed by atoms with van der Waals surface area (Å²) in [5.74, 6) is -11.5. The molecule has 0 aliphatic carbocycles. The van der Waals surface area contributed by atoms with E-state index in [1.54, 1.807) is 27.7 Å². The Morgan fingerprint density at radius 2 is 0.973 bits per heavy atom. The predicted octanol–water partition coefficient (Wildman–Crippen LogP) is -6.41. The maximum atomic E-state index is 14.3. The lowest BCUT2D eigenvalue weighted by atomic mass is 10.00. The number of aromatic amines is 1. The first-order valence-corrected chi connectivity index (χ1v) is 25.1. The van der Waals surface area contributed by atoms with E-state index in [0.717, 1.165) is 0 Å². The summed E-state index contributed by atoms with van der Waals surface area (Å²) in [6.07, 6.45) is 1.87. The van der Waals surface area contributed by atoms with E-state index < -0.39 is 132 Å². The molecule has 1 rings (SSSR count). The van der Waals surface area contributed by atoms with Crippen LogP contribution in [0.2, 0.25) is 0 Å². The Morgan fingerprint density at radius 1 is 0.587 bits per heavy atom. The second kappa shape index (κ2) is 34.5. The molecule has 1 heterocycles. The van der Waals surface area contributed by atoms with E-state index in [-0.39, 0.29) is 87.3 Å². The molecule has 0 unspecified atom stereocenters. The van der Waals surface area contributed by atoms with Gasteiger partial charge < -0.3 is 91.3 Å². The summed E-state index contributed by atoms with van der Waals surface area (Å²) in [6.45, 7) is 6.13. The fourth-order valence-electron chi connectivity index (χ4n) is 6.88. The number of hydrogen-bond donors (Lipinski definition) is 21. The highest BCUT2D eigenvalue weighted by Gasteiger charge is 2.36. The van der Waals surface area contributed by atoms with Crippen LogP contribution in [-0.4, -0.2) is 177 Å². The molecule has 0 aromatic carbocycles. The number of guanidine groups is 2. The first-order chi connectivity index (χ1) is 35.2. The molecule has 0 aliphatic rings. The molecule has 23 N–H and O–H groups in total. The number of hydrogen-bond acceptors (Lipinski definition) is 17. The van der Waals surface area contributed by atoms with Crippen molar-refractivity contribution < 1.29 is 58.2 Å². The number of carbonyl (C=O) groups excluding carboxylic acids is 9. The first-order valence-electron chi connectivity index (χ1n) is 23.9. The smallest absolute Gasteiger partial charge is 0.327 e. The number of aromatic nitrogens is 2. The standard InChI is InChI=1S/C43H76N18O12S2/c1-20(2)11-26(36(67)54-25(8-6-10-52-43(48)49)35(66)61-31(18-75)41(72)73)58-38(69)28(13-22-15-50-19-53-22)59-37(68)27(12-21(3)4)57-34(65)24(7-5-9-51-42(46)47)55-40(71)30(16-62)60-39(70)29(14-32(45)63)56-33(64)23(44)17-74/h15,19-21,23-31,62,74-75H,5-14,16-18,44H2,1-4H3,(H2,45,63)(H,50,53)(H,54,67)(H,55,71)(H,56,64)(H,57,65)(H,58,69)(H,59,68)(H,60,70)(H,61,66)(H,72,73)(H4,46,47,51)(H4,48,49,52)/t23-,24-,25-,26-,27-,28-,29-,30-,31-/m0/s1. The average molecular weight is 1100 g/mol. The van der Waals surface area contributed by atoms with Crippen LogP contribution < -0.4 is 76.1 Å². The van der Waals surface area contributed by atoms with Crippen molar-refractivity contribution >= 4 is 96.3 Å². The number of aliphatic hydroxyl groups excluding tert-OH is 1. The molecule has 75 heavy (non-hydrogen) atoms. The number of carboxylic acids is 1. The Morgan fingerprint density at radius 3 is 1.36 bits per heavy atom. The third-order valence-electron chi connectivity index (χ3n) is 10.7. The van der Waals surface area contributed by atoms with Gasteiger partial charge in [0.05, 0.1) is 31.1 Å². The number of carbonyl (C=O) groups is 10. The van der Waals surface area contributed by atoms with E-state index in [1.807, 2.05) is 0 Å². The Balaban J connectivity index is 3.56. The van der Waals surface area contributed by atoms with E-state index >= 15 is 0 Å². The Hall–Kier alpha value is -6.93. The van der Waals surface area contributed by atoms with Crippen LogP contribution in [0.1, 0.15) is 78.3 Å². The molecule has 0 aliphatic heterocycles. The fourth-order valence-corrected chi connectivity index (χ4v) is 7.29. The summed E-state index contributed by atoms with van der Waals surface area (Å²) >= 11 is 7.92. The highest BCUT2D eigenvalue weighted by atomic mass is 32.1. The van der Waals surface area contributed by atoms with Crippen LogP contribution in [0.25, 0.3) is 0 Å². The largest absolute Gasteiger partial charge is 0.480 e. The third-order valence-corrected chi connectivity index (χ3v) is 11.5. The molecule has 30 nitrogen and oxygen atoms in total. The van der Waals surface area contributed by atoms with E-state index in [9.17, 15) is 58.2 Å². The number of aliphatic carboxylic acids is 1. The van der Waals surface area contributed by atoms with Gasteiger partial charge in [0.15, 0.2) is 11.9 Å². The van der Waals surface area contributed by atoms with Crippen molar-refractivity contribution in [3.05, 3.63) is 18.2 Å². The van der Waals surface area contributed by atoms with Crippen molar-refractivity contribution in [1.29, 1.82) is 10.8 Å². The maximum Gasteiger partial charge on any atom is 0.327 e. The molecule has 0 radical (unpaired) electrons. The van der Waals surface area contributed by atoms with Crippen molar-refractivity contribution in [2.75, 3.05) is 31.2 Å². The molecule has 1 aromatic rings. The predicted molar refractivity (Wildman–Crippen MR) is 279 cm³/mol. The minimum absolute atomic E-state index is 0.0206. The summed E-state index contributed by atoms with van der Waals surface area (Å²) in [5.41, 5.74) is 22.0. The van der Waals surface area contributed by atoms with Crippen LogP contribution in [0.3, 0.4) is 0 Å². The Bertz CT molecular complexity index is 2100. The molecule has 422 valence electrons. The minimum Gasteiger partial charge on any atom is -0.480 e. The van der Waals surface area contributed by atoms with Gasteiger partial charge in [-0.05, 0) is 50.4 Å². The van der Waals surface area contributed by atoms with E-state index in [4.69, 9.17) is 33.8 Å². The molecule has 1 aromatic heterocycles. The quantitative estimate of drug-likeness (QED) is 0.0129. The van der Waals surface area contributed by atoms with Crippen LogP contribution in [0.15, 0.2) is 12.5 Å². The van der Waals surface area contributed by atoms with Crippen LogP contribution in [0.5, 0.6) is 0 Å². The molecular weight excluding hydrogens is 1020 g/mol. The monoisotopic (exact) mass is 1100 g/mol. The van der Waals surface area contributed by atoms with Crippen molar-refractivity contribution in [2.45, 2.75) is 133 Å². The summed E-state index contributed by atoms with van der Waals surface area (Å²) in [5, 5.41) is 59.4. The second-order valence-electron chi connectivity index (χ2n) is 18.1. The molecule has 32 heteroatoms. The van der Waals surface area contributed by atoms with Crippen molar-refractivity contribution in [1.82, 2.24) is 63.1 Å². The number of nitrogens with one attached hydrogen (secondary N) is 13. The van der Waals surface area contributed by atoms with Crippen LogP contribution in [0, 0.1) is 22.7 Å². The number of thiol groups is 2. The van der Waals surface area contributed by atoms with Gasteiger partial charge in [0, 0.05) is 37.2 Å². The van der Waals surface area contributed by atoms with E-state index in [2.05, 4.69) is 88.4 Å². The molecule has 9 atom stereocenters. The first kappa shape index (κ1) is 66.1. The molecule has 0 fully saturated rings. The fraction of sp³-hybridized carbons (Fsp3) is 0.651. The lowest BCUT2D eigenvalue weighted by Crippen LogP contribution is -2.61. The van der Waals surface area contributed by atoms with Crippen LogP contribution in [-0.2, 0) is 54.4 Å². The third kappa shape index (κ3) is 26.2. The number of amides is 9. The van der Waals surface area contributed by atoms with Crippen LogP contribution in [0.4, 0.5) is 0 Å². The van der Waals surface area contributed by atoms with Crippen molar-refractivity contribution in [3.63, 3.8) is 0 Å². The normalized spacial score (nSPS) is 14.6. The van der Waals surface area contributed by atoms with Crippen LogP contribution >= 0.6 is 25.3 Å². The van der Waals surface area contributed by atoms with Gasteiger partial charge in [-0.15, -0.1) is 0 Å². The van der Waals surface area contributed by atoms with Gasteiger partial charge in [-0.25, -0.2) is 9.78 Å². The molecule has 0 bridgehead atoms. The van der Waals surface area contributed by atoms with Crippen molar-refractivity contribution in [2.24, 2.45) is 34.8 Å². The highest BCUT2D eigenvalue weighted by Crippen LogP contribution is 2.12. The summed E-state index contributed by atoms with van der Waals surface area (Å²) < 4.78 is 0. The van der Waals surface area contributed by atoms with Gasteiger partial charge in [0.1, 0.15) is 48.3 Å². The summed E-state index contributed by atoms with van der Waals surface area (Å²) in [4.78, 5) is 140. The lowest BCUT2D eigenvalue weighted by Gasteiger charge is -2.28. The number of primary amides is 1. The number of aliphatic hydroxyl groups is 1. The topological polar surface area (TPSA) is 512 Å². The van der Waals surface area contributed by atoms with Gasteiger partial charge in [0.2, 0.25) is 53.2 Å². The van der Waals surface area contributed by atoms with E-state index in [0.29, 0.717) is 5.69 Å². The molecule has 9 amide bonds. The Kier molecular flexibility index (Phi) is 30.4. The van der Waals surface area contributed by atoms with Gasteiger partial charge >= 0.3 is 5.97 Å². The van der Waals surface area contributed by atoms with Gasteiger partial charge in [-0.2, -0.15) is 25.3 Å². The average Bonchev–Trinajstić information content (AvgIpc) is 3.85. The molecule has 0 spiro atoms. The number of nitrogens with two attached hydrogens (primary N) is 4. The number of rotatable bonds is 36. The zero-order valence-corrected chi connectivity index (χ0v) is 44.1. The number of H-pyrrole nitrogens is 1. The Labute approximate surface area is 444 Å². The number of carboxylic acid groups (broad SMARTS) is 1. The minimum atomic E-state index is -1.77. The molecule has 0 saturated carbocycles. The van der Waals surface area contributed by atoms with Crippen molar-refractivity contribution in [3.8, 4) is 0 Å². The maximum absolute atomic E-state index is 14.3. The lowest BCUT2D eigenvalue weighted by molar-refractivity contribution is -0.141. The van der Waals surface area contributed by atoms with Gasteiger partial charge in [-0.3, -0.25) is 54.0 Å². The number of nitrogens with zero attached hydrogens (tertiary/aromatic N) is 1. The molecular formula is C43H76N18O12S2. The number of imidazole rings is 1. The van der Waals surface area contributed by atoms with Gasteiger partial charge in [-0.1, -0.05) is 27.7 Å². The molecule has 0 saturated heterocycles. The zero-order valence-electron chi connectivity index (χ0n) is 42.3. The summed E-state index contributed by atoms with van der Waals surface area (Å²) in [7, 11) is 0. The highest BCUT2D eigenvalue weighted by molar-refractivity contribution is 7.80. The SMILES string of the molecule is CC(C)C[C@H](NC(=O)[C@H](Cc1c[nH]cn1)NC(=O)[C@H](CC(C)C)NC(=O)[C@H](CCCNC(=N)N)NC(=O)[C@H](CO)NC(=O)[C@H](CC(N)=O)NC(=O)[C@@H](N)CS)C(=O)N[C@@H](CCCNC(=N)N)C(=O)N[C@@H](CS)C(=O)O. The summed E-state index contributed by atoms with van der Waals surface area (Å²) in [6, 6.07) is -13.0. The van der Waals surface area contributed by atoms with Gasteiger partial charge in [0.25, 0.3) is 0 Å². The van der Waals surface area contributed by atoms with E-state index in [1.165, 1.54) is 12.5 Å².